The number of nitrogens with two attached hydrogens (primary N) is 1. The quantitative estimate of drug-likeness (QED) is 0.515. The monoisotopic (exact) mass is 504 g/mol. The summed E-state index contributed by atoms with van der Waals surface area (Å²) in [6.45, 7) is 0.445. The van der Waals surface area contributed by atoms with Crippen molar-refractivity contribution in [2.75, 3.05) is 11.9 Å². The van der Waals surface area contributed by atoms with Gasteiger partial charge in [-0.05, 0) is 98.4 Å². The zero-order valence-electron chi connectivity index (χ0n) is 21.3. The van der Waals surface area contributed by atoms with E-state index >= 15 is 0 Å². The minimum Gasteiger partial charge on any atom is -0.354 e. The Hall–Kier alpha value is -2.80. The first-order chi connectivity index (χ1) is 17.9. The molecule has 5 aliphatic rings. The van der Waals surface area contributed by atoms with E-state index in [9.17, 15) is 14.0 Å². The minimum atomic E-state index is -0.591. The Labute approximate surface area is 218 Å². The normalized spacial score (nSPS) is 32.2. The molecule has 7 heteroatoms. The van der Waals surface area contributed by atoms with Crippen LogP contribution in [0.3, 0.4) is 0 Å². The summed E-state index contributed by atoms with van der Waals surface area (Å²) < 4.78 is 13.5. The molecule has 4 N–H and O–H groups in total. The van der Waals surface area contributed by atoms with E-state index in [0.717, 1.165) is 69.0 Å². The second-order valence-electron chi connectivity index (χ2n) is 12.2. The van der Waals surface area contributed by atoms with Crippen molar-refractivity contribution in [3.63, 3.8) is 0 Å². The van der Waals surface area contributed by atoms with Crippen molar-refractivity contribution < 1.29 is 14.0 Å². The molecule has 37 heavy (non-hydrogen) atoms. The van der Waals surface area contributed by atoms with E-state index in [-0.39, 0.29) is 29.1 Å². The van der Waals surface area contributed by atoms with Crippen LogP contribution in [0, 0.1) is 34.9 Å². The maximum atomic E-state index is 13.5. The molecule has 5 saturated carbocycles. The number of anilines is 1. The summed E-state index contributed by atoms with van der Waals surface area (Å²) >= 11 is 0. The molecule has 6 nitrogen and oxygen atoms in total. The number of benzene rings is 1. The second-order valence-corrected chi connectivity index (χ2v) is 12.2. The number of rotatable bonds is 7. The van der Waals surface area contributed by atoms with Gasteiger partial charge in [0, 0.05) is 30.7 Å². The lowest BCUT2D eigenvalue weighted by molar-refractivity contribution is -0.149. The molecule has 3 atom stereocenters. The fourth-order valence-corrected chi connectivity index (χ4v) is 8.65. The third kappa shape index (κ3) is 4.35. The third-order valence-corrected chi connectivity index (χ3v) is 10.0. The van der Waals surface area contributed by atoms with Gasteiger partial charge in [0.25, 0.3) is 0 Å². The Morgan fingerprint density at radius 3 is 2.27 bits per heavy atom. The van der Waals surface area contributed by atoms with Crippen LogP contribution in [-0.4, -0.2) is 29.4 Å². The third-order valence-electron chi connectivity index (χ3n) is 10.0. The molecule has 5 aliphatic carbocycles. The second kappa shape index (κ2) is 9.50. The number of halogens is 1. The molecule has 3 unspecified atom stereocenters. The van der Waals surface area contributed by atoms with Gasteiger partial charge < -0.3 is 16.4 Å². The van der Waals surface area contributed by atoms with Crippen LogP contribution in [0.25, 0.3) is 0 Å². The average molecular weight is 505 g/mol. The summed E-state index contributed by atoms with van der Waals surface area (Å²) in [4.78, 5) is 31.0. The Morgan fingerprint density at radius 1 is 0.973 bits per heavy atom. The molecule has 0 saturated heterocycles. The maximum absolute atomic E-state index is 13.5. The molecular weight excluding hydrogens is 467 g/mol. The number of aromatic nitrogens is 1. The molecule has 1 heterocycles. The van der Waals surface area contributed by atoms with Gasteiger partial charge in [0.05, 0.1) is 10.8 Å². The first kappa shape index (κ1) is 24.5. The molecule has 0 spiro atoms. The number of nitrogens with zero attached hydrogens (tertiary/aromatic N) is 1. The largest absolute Gasteiger partial charge is 0.354 e. The van der Waals surface area contributed by atoms with Gasteiger partial charge in [-0.3, -0.25) is 14.6 Å². The first-order valence-corrected chi connectivity index (χ1v) is 13.9. The number of amides is 2. The number of nitrogens with one attached hydrogen (secondary N) is 2. The van der Waals surface area contributed by atoms with Gasteiger partial charge in [-0.2, -0.15) is 0 Å². The van der Waals surface area contributed by atoms with E-state index in [1.807, 2.05) is 12.1 Å². The number of pyridine rings is 1. The SMILES string of the molecule is NC(CNC(=O)C1(c2ccc(F)cc2)CCCC1)C1C2CC3CC1CC(C(=O)Nc1ccncc1)(C3)C2. The molecule has 1 aromatic heterocycles. The predicted octanol–water partition coefficient (Wildman–Crippen LogP) is 4.56. The van der Waals surface area contributed by atoms with Crippen LogP contribution < -0.4 is 16.4 Å². The van der Waals surface area contributed by atoms with Gasteiger partial charge in [0.2, 0.25) is 11.8 Å². The van der Waals surface area contributed by atoms with Gasteiger partial charge >= 0.3 is 0 Å². The molecule has 4 bridgehead atoms. The molecule has 0 aliphatic heterocycles. The van der Waals surface area contributed by atoms with E-state index in [1.54, 1.807) is 24.5 Å². The van der Waals surface area contributed by atoms with Crippen molar-refractivity contribution in [2.45, 2.75) is 69.2 Å². The molecule has 2 amide bonds. The minimum absolute atomic E-state index is 0.0177. The lowest BCUT2D eigenvalue weighted by atomic mass is 9.45. The van der Waals surface area contributed by atoms with Gasteiger partial charge in [-0.25, -0.2) is 4.39 Å². The Morgan fingerprint density at radius 2 is 1.62 bits per heavy atom. The van der Waals surface area contributed by atoms with E-state index in [2.05, 4.69) is 15.6 Å². The van der Waals surface area contributed by atoms with Crippen LogP contribution in [0.4, 0.5) is 10.1 Å². The van der Waals surface area contributed by atoms with Crippen molar-refractivity contribution in [3.8, 4) is 0 Å². The highest BCUT2D eigenvalue weighted by molar-refractivity contribution is 5.95. The molecule has 7 rings (SSSR count). The van der Waals surface area contributed by atoms with Crippen LogP contribution >= 0.6 is 0 Å². The summed E-state index contributed by atoms with van der Waals surface area (Å²) in [6, 6.07) is 9.95. The Kier molecular flexibility index (Phi) is 6.30. The molecule has 0 radical (unpaired) electrons. The first-order valence-electron chi connectivity index (χ1n) is 13.9. The van der Waals surface area contributed by atoms with Crippen LogP contribution in [0.15, 0.2) is 48.8 Å². The standard InChI is InChI=1S/C30H37FN4O2/c31-23-5-3-22(4-6-23)30(9-1-2-10-30)28(37)34-18-25(32)26-20-13-19-14-21(26)17-29(15-19,16-20)27(36)35-24-7-11-33-12-8-24/h3-8,11-12,19-21,25-26H,1-2,9-10,13-18,32H2,(H,34,37)(H,33,35,36). The molecule has 1 aromatic carbocycles. The zero-order valence-corrected chi connectivity index (χ0v) is 21.3. The van der Waals surface area contributed by atoms with Crippen molar-refractivity contribution in [1.29, 1.82) is 0 Å². The van der Waals surface area contributed by atoms with E-state index in [4.69, 9.17) is 5.73 Å². The van der Waals surface area contributed by atoms with E-state index in [0.29, 0.717) is 30.2 Å². The van der Waals surface area contributed by atoms with Gasteiger partial charge in [-0.1, -0.05) is 25.0 Å². The maximum Gasteiger partial charge on any atom is 0.230 e. The predicted molar refractivity (Wildman–Crippen MR) is 140 cm³/mol. The fraction of sp³-hybridized carbons (Fsp3) is 0.567. The number of carbonyl (C=O) groups is 2. The molecule has 2 aromatic rings. The molecule has 5 fully saturated rings. The number of carbonyl (C=O) groups excluding carboxylic acids is 2. The number of hydrogen-bond donors (Lipinski definition) is 3. The Bertz CT molecular complexity index is 1130. The molecular formula is C30H37FN4O2. The van der Waals surface area contributed by atoms with Gasteiger partial charge in [0.15, 0.2) is 0 Å². The molecule has 196 valence electrons. The summed E-state index contributed by atoms with van der Waals surface area (Å²) in [6.07, 6.45) is 11.9. The summed E-state index contributed by atoms with van der Waals surface area (Å²) in [5.41, 5.74) is 7.62. The average Bonchev–Trinajstić information content (AvgIpc) is 3.39. The lowest BCUT2D eigenvalue weighted by Gasteiger charge is -2.60. The smallest absolute Gasteiger partial charge is 0.230 e. The topological polar surface area (TPSA) is 97.1 Å². The van der Waals surface area contributed by atoms with Gasteiger partial charge in [-0.15, -0.1) is 0 Å². The van der Waals surface area contributed by atoms with Crippen molar-refractivity contribution in [1.82, 2.24) is 10.3 Å². The van der Waals surface area contributed by atoms with Crippen LogP contribution in [-0.2, 0) is 15.0 Å². The zero-order chi connectivity index (χ0) is 25.6. The van der Waals surface area contributed by atoms with Crippen LogP contribution in [0.2, 0.25) is 0 Å². The van der Waals surface area contributed by atoms with Crippen molar-refractivity contribution in [2.24, 2.45) is 34.8 Å². The lowest BCUT2D eigenvalue weighted by Crippen LogP contribution is -2.60. The van der Waals surface area contributed by atoms with Crippen LogP contribution in [0.1, 0.15) is 63.4 Å². The van der Waals surface area contributed by atoms with E-state index < -0.39 is 5.41 Å². The van der Waals surface area contributed by atoms with Crippen molar-refractivity contribution in [3.05, 3.63) is 60.2 Å². The summed E-state index contributed by atoms with van der Waals surface area (Å²) in [7, 11) is 0. The number of hydrogen-bond acceptors (Lipinski definition) is 4. The summed E-state index contributed by atoms with van der Waals surface area (Å²) in [5.74, 6) is 1.61. The van der Waals surface area contributed by atoms with Crippen LogP contribution in [0.5, 0.6) is 0 Å². The highest BCUT2D eigenvalue weighted by atomic mass is 19.1. The van der Waals surface area contributed by atoms with E-state index in [1.165, 1.54) is 12.1 Å². The van der Waals surface area contributed by atoms with Crippen molar-refractivity contribution >= 4 is 17.5 Å². The fourth-order valence-electron chi connectivity index (χ4n) is 8.65. The summed E-state index contributed by atoms with van der Waals surface area (Å²) in [5, 5.41) is 6.36. The Balaban J connectivity index is 1.12. The highest BCUT2D eigenvalue weighted by Gasteiger charge is 2.59. The van der Waals surface area contributed by atoms with Gasteiger partial charge in [0.1, 0.15) is 5.82 Å². The highest BCUT2D eigenvalue weighted by Crippen LogP contribution is 2.63.